The quantitative estimate of drug-likeness (QED) is 0.683. The zero-order chi connectivity index (χ0) is 16.8. The van der Waals surface area contributed by atoms with E-state index in [-0.39, 0.29) is 19.1 Å². The van der Waals surface area contributed by atoms with E-state index >= 15 is 0 Å². The summed E-state index contributed by atoms with van der Waals surface area (Å²) in [6.45, 7) is 0.119. The van der Waals surface area contributed by atoms with Crippen LogP contribution in [-0.4, -0.2) is 31.1 Å². The summed E-state index contributed by atoms with van der Waals surface area (Å²) in [4.78, 5) is 22.1. The van der Waals surface area contributed by atoms with Crippen LogP contribution in [0, 0.1) is 0 Å². The topological polar surface area (TPSA) is 94.8 Å². The Hall–Kier alpha value is -2.84. The number of aromatic nitrogens is 5. The second-order valence-corrected chi connectivity index (χ2v) is 5.26. The molecule has 0 bridgehead atoms. The molecule has 0 aliphatic rings. The largest absolute Gasteiger partial charge is 0.271 e. The number of halogens is 1. The highest BCUT2D eigenvalue weighted by molar-refractivity contribution is 6.30. The third-order valence-electron chi connectivity index (χ3n) is 2.99. The molecule has 1 N–H and O–H groups in total. The first kappa shape index (κ1) is 16.0. The number of carbonyl (C=O) groups excluding carboxylic acids is 1. The van der Waals surface area contributed by atoms with Crippen LogP contribution >= 0.6 is 11.6 Å². The van der Waals surface area contributed by atoms with Gasteiger partial charge in [0, 0.05) is 23.0 Å². The molecule has 0 radical (unpaired) electrons. The number of hydrogen-bond acceptors (Lipinski definition) is 6. The predicted molar refractivity (Wildman–Crippen MR) is 85.4 cm³/mol. The fourth-order valence-electron chi connectivity index (χ4n) is 1.87. The average molecular weight is 345 g/mol. The number of hydrogen-bond donors (Lipinski definition) is 1. The van der Waals surface area contributed by atoms with E-state index in [1.807, 2.05) is 6.07 Å². The zero-order valence-electron chi connectivity index (χ0n) is 12.5. The van der Waals surface area contributed by atoms with E-state index < -0.39 is 0 Å². The van der Waals surface area contributed by atoms with Crippen LogP contribution in [0.3, 0.4) is 0 Å². The van der Waals surface area contributed by atoms with Gasteiger partial charge < -0.3 is 0 Å². The van der Waals surface area contributed by atoms with Crippen molar-refractivity contribution in [3.05, 3.63) is 59.4 Å². The molecule has 0 spiro atoms. The lowest BCUT2D eigenvalue weighted by Gasteiger charge is -2.04. The molecule has 3 aromatic rings. The smallest absolute Gasteiger partial charge is 0.267 e. The van der Waals surface area contributed by atoms with Crippen molar-refractivity contribution < 1.29 is 9.63 Å². The minimum Gasteiger partial charge on any atom is -0.271 e. The van der Waals surface area contributed by atoms with Gasteiger partial charge in [0.2, 0.25) is 5.82 Å². The molecule has 0 aliphatic heterocycles. The van der Waals surface area contributed by atoms with Gasteiger partial charge in [-0.3, -0.25) is 14.6 Å². The monoisotopic (exact) mass is 344 g/mol. The third kappa shape index (κ3) is 4.34. The number of tetrazole rings is 1. The molecular formula is C15H13ClN6O2. The molecular weight excluding hydrogens is 332 g/mol. The number of carbonyl (C=O) groups is 1. The first-order valence-corrected chi connectivity index (χ1v) is 7.42. The van der Waals surface area contributed by atoms with Gasteiger partial charge in [0.25, 0.3) is 5.91 Å². The van der Waals surface area contributed by atoms with E-state index in [9.17, 15) is 4.79 Å². The van der Waals surface area contributed by atoms with Crippen molar-refractivity contribution in [1.29, 1.82) is 0 Å². The van der Waals surface area contributed by atoms with Crippen molar-refractivity contribution in [2.24, 2.45) is 0 Å². The van der Waals surface area contributed by atoms with Crippen molar-refractivity contribution in [3.63, 3.8) is 0 Å². The number of amides is 1. The van der Waals surface area contributed by atoms with Gasteiger partial charge in [0.05, 0.1) is 0 Å². The van der Waals surface area contributed by atoms with Gasteiger partial charge in [-0.1, -0.05) is 17.7 Å². The SMILES string of the molecule is O=C(Cn1nnc(-c2ccc(Cl)cc2)n1)NOCc1cccnc1. The molecule has 8 nitrogen and oxygen atoms in total. The van der Waals surface area contributed by atoms with E-state index in [1.54, 1.807) is 42.7 Å². The summed E-state index contributed by atoms with van der Waals surface area (Å²) in [6.07, 6.45) is 3.32. The first-order chi connectivity index (χ1) is 11.7. The maximum atomic E-state index is 11.8. The number of nitrogens with one attached hydrogen (secondary N) is 1. The number of hydroxylamine groups is 1. The summed E-state index contributed by atoms with van der Waals surface area (Å²) in [7, 11) is 0. The Kier molecular flexibility index (Phi) is 5.09. The van der Waals surface area contributed by atoms with E-state index in [4.69, 9.17) is 16.4 Å². The normalized spacial score (nSPS) is 10.5. The molecule has 2 heterocycles. The Morgan fingerprint density at radius 1 is 1.25 bits per heavy atom. The summed E-state index contributed by atoms with van der Waals surface area (Å²) in [6, 6.07) is 10.7. The first-order valence-electron chi connectivity index (χ1n) is 7.04. The summed E-state index contributed by atoms with van der Waals surface area (Å²) >= 11 is 5.83. The number of nitrogens with zero attached hydrogens (tertiary/aromatic N) is 5. The second-order valence-electron chi connectivity index (χ2n) is 4.83. The van der Waals surface area contributed by atoms with Crippen LogP contribution in [0.1, 0.15) is 5.56 Å². The van der Waals surface area contributed by atoms with Crippen molar-refractivity contribution in [1.82, 2.24) is 30.7 Å². The van der Waals surface area contributed by atoms with E-state index in [0.717, 1.165) is 11.1 Å². The third-order valence-corrected chi connectivity index (χ3v) is 3.24. The fraction of sp³-hybridized carbons (Fsp3) is 0.133. The Morgan fingerprint density at radius 3 is 2.83 bits per heavy atom. The van der Waals surface area contributed by atoms with Crippen molar-refractivity contribution in [2.45, 2.75) is 13.2 Å². The van der Waals surface area contributed by atoms with E-state index in [0.29, 0.717) is 10.8 Å². The van der Waals surface area contributed by atoms with Crippen LogP contribution in [0.15, 0.2) is 48.8 Å². The Bertz CT molecular complexity index is 806. The van der Waals surface area contributed by atoms with Gasteiger partial charge in [0.15, 0.2) is 0 Å². The number of benzene rings is 1. The lowest BCUT2D eigenvalue weighted by atomic mass is 10.2. The van der Waals surface area contributed by atoms with Crippen LogP contribution in [0.25, 0.3) is 11.4 Å². The lowest BCUT2D eigenvalue weighted by molar-refractivity contribution is -0.135. The molecule has 0 unspecified atom stereocenters. The predicted octanol–water partition coefficient (Wildman–Crippen LogP) is 1.64. The molecule has 2 aromatic heterocycles. The molecule has 3 rings (SSSR count). The fourth-order valence-corrected chi connectivity index (χ4v) is 1.99. The summed E-state index contributed by atoms with van der Waals surface area (Å²) in [5.41, 5.74) is 3.94. The molecule has 1 amide bonds. The molecule has 0 saturated carbocycles. The molecule has 24 heavy (non-hydrogen) atoms. The molecule has 122 valence electrons. The van der Waals surface area contributed by atoms with Crippen molar-refractivity contribution >= 4 is 17.5 Å². The second kappa shape index (κ2) is 7.62. The Balaban J connectivity index is 1.51. The molecule has 0 fully saturated rings. The summed E-state index contributed by atoms with van der Waals surface area (Å²) in [5, 5.41) is 12.5. The van der Waals surface area contributed by atoms with Crippen LogP contribution in [0.5, 0.6) is 0 Å². The van der Waals surface area contributed by atoms with Gasteiger partial charge in [0.1, 0.15) is 13.2 Å². The minimum absolute atomic E-state index is 0.104. The molecule has 0 saturated heterocycles. The van der Waals surface area contributed by atoms with Gasteiger partial charge in [-0.25, -0.2) is 5.48 Å². The summed E-state index contributed by atoms with van der Waals surface area (Å²) < 4.78 is 0. The molecule has 1 aromatic carbocycles. The van der Waals surface area contributed by atoms with Gasteiger partial charge in [-0.15, -0.1) is 10.2 Å². The summed E-state index contributed by atoms with van der Waals surface area (Å²) in [5.74, 6) is 0.0229. The van der Waals surface area contributed by atoms with E-state index in [1.165, 1.54) is 4.80 Å². The van der Waals surface area contributed by atoms with Crippen LogP contribution in [0.2, 0.25) is 5.02 Å². The molecule has 0 aliphatic carbocycles. The minimum atomic E-state index is -0.390. The van der Waals surface area contributed by atoms with Crippen molar-refractivity contribution in [2.75, 3.05) is 0 Å². The van der Waals surface area contributed by atoms with Gasteiger partial charge in [-0.05, 0) is 41.1 Å². The standard InChI is InChI=1S/C15H13ClN6O2/c16-13-5-3-12(4-6-13)15-18-21-22(19-15)9-14(23)20-24-10-11-2-1-7-17-8-11/h1-8H,9-10H2,(H,20,23). The lowest BCUT2D eigenvalue weighted by Crippen LogP contribution is -2.28. The maximum Gasteiger partial charge on any atom is 0.267 e. The molecule has 9 heteroatoms. The van der Waals surface area contributed by atoms with Crippen molar-refractivity contribution in [3.8, 4) is 11.4 Å². The van der Waals surface area contributed by atoms with E-state index in [2.05, 4.69) is 25.9 Å². The number of rotatable bonds is 6. The Morgan fingerprint density at radius 2 is 2.08 bits per heavy atom. The molecule has 0 atom stereocenters. The maximum absolute atomic E-state index is 11.8. The zero-order valence-corrected chi connectivity index (χ0v) is 13.2. The van der Waals surface area contributed by atoms with Gasteiger partial charge in [-0.2, -0.15) is 4.80 Å². The van der Waals surface area contributed by atoms with Crippen LogP contribution in [-0.2, 0) is 22.8 Å². The number of pyridine rings is 1. The average Bonchev–Trinajstić information content (AvgIpc) is 3.05. The Labute approximate surface area is 142 Å². The highest BCUT2D eigenvalue weighted by atomic mass is 35.5. The van der Waals surface area contributed by atoms with Crippen LogP contribution < -0.4 is 5.48 Å². The highest BCUT2D eigenvalue weighted by Crippen LogP contribution is 2.16. The van der Waals surface area contributed by atoms with Crippen LogP contribution in [0.4, 0.5) is 0 Å². The highest BCUT2D eigenvalue weighted by Gasteiger charge is 2.09. The van der Waals surface area contributed by atoms with Gasteiger partial charge >= 0.3 is 0 Å².